The number of nitrogens with zero attached hydrogens (tertiary/aromatic N) is 3. The van der Waals surface area contributed by atoms with Crippen LogP contribution in [0.4, 0.5) is 5.82 Å². The van der Waals surface area contributed by atoms with Crippen LogP contribution in [0.5, 0.6) is 0 Å². The molecule has 0 amide bonds. The zero-order valence-corrected chi connectivity index (χ0v) is 9.96. The van der Waals surface area contributed by atoms with Gasteiger partial charge in [0.05, 0.1) is 16.9 Å². The van der Waals surface area contributed by atoms with Gasteiger partial charge in [0.25, 0.3) is 0 Å². The number of rotatable bonds is 1. The Bertz CT molecular complexity index is 702. The highest BCUT2D eigenvalue weighted by Gasteiger charge is 2.05. The largest absolute Gasteiger partial charge is 0.384 e. The van der Waals surface area contributed by atoms with Crippen molar-refractivity contribution in [2.45, 2.75) is 6.92 Å². The van der Waals surface area contributed by atoms with Crippen molar-refractivity contribution in [1.29, 1.82) is 0 Å². The molecule has 0 spiro atoms. The molecule has 0 atom stereocenters. The van der Waals surface area contributed by atoms with Crippen LogP contribution in [-0.4, -0.2) is 15.0 Å². The molecule has 2 heterocycles. The quantitative estimate of drug-likeness (QED) is 0.705. The number of aromatic nitrogens is 3. The second-order valence-corrected chi connectivity index (χ2v) is 4.11. The van der Waals surface area contributed by atoms with Gasteiger partial charge in [-0.1, -0.05) is 24.3 Å². The third-order valence-electron chi connectivity index (χ3n) is 2.72. The maximum absolute atomic E-state index is 5.73. The summed E-state index contributed by atoms with van der Waals surface area (Å²) in [5.41, 5.74) is 8.25. The van der Waals surface area contributed by atoms with Gasteiger partial charge < -0.3 is 5.73 Å². The number of para-hydroxylation sites is 1. The average molecular weight is 236 g/mol. The second-order valence-electron chi connectivity index (χ2n) is 4.11. The highest BCUT2D eigenvalue weighted by Crippen LogP contribution is 2.20. The van der Waals surface area contributed by atoms with Crippen LogP contribution in [0.2, 0.25) is 0 Å². The van der Waals surface area contributed by atoms with E-state index in [1.807, 2.05) is 43.3 Å². The fourth-order valence-corrected chi connectivity index (χ4v) is 1.93. The summed E-state index contributed by atoms with van der Waals surface area (Å²) in [6.07, 6.45) is 0. The Balaban J connectivity index is 2.19. The lowest BCUT2D eigenvalue weighted by atomic mass is 10.2. The number of nitrogens with two attached hydrogens (primary N) is 1. The third kappa shape index (κ3) is 1.88. The number of fused-ring (bicyclic) bond motifs is 1. The standard InChI is InChI=1S/C14H12N4/c1-9-16-13(8-14(15)17-9)12-7-6-10-4-2-3-5-11(10)18-12/h2-8H,1H3,(H2,15,16,17). The first-order valence-corrected chi connectivity index (χ1v) is 5.70. The van der Waals surface area contributed by atoms with Crippen molar-refractivity contribution < 1.29 is 0 Å². The van der Waals surface area contributed by atoms with E-state index in [2.05, 4.69) is 15.0 Å². The molecule has 18 heavy (non-hydrogen) atoms. The Morgan fingerprint density at radius 1 is 0.889 bits per heavy atom. The molecule has 4 heteroatoms. The molecule has 0 aliphatic rings. The summed E-state index contributed by atoms with van der Waals surface area (Å²) in [6.45, 7) is 1.82. The summed E-state index contributed by atoms with van der Waals surface area (Å²) in [6, 6.07) is 13.7. The number of nitrogen functional groups attached to an aromatic ring is 1. The summed E-state index contributed by atoms with van der Waals surface area (Å²) in [5.74, 6) is 1.12. The molecule has 0 fully saturated rings. The molecule has 0 aliphatic heterocycles. The van der Waals surface area contributed by atoms with Gasteiger partial charge in [0.1, 0.15) is 11.6 Å². The lowest BCUT2D eigenvalue weighted by Gasteiger charge is -2.04. The smallest absolute Gasteiger partial charge is 0.128 e. The molecule has 0 bridgehead atoms. The summed E-state index contributed by atoms with van der Waals surface area (Å²) in [5, 5.41) is 1.11. The van der Waals surface area contributed by atoms with E-state index in [1.165, 1.54) is 0 Å². The van der Waals surface area contributed by atoms with Gasteiger partial charge in [-0.2, -0.15) is 0 Å². The Morgan fingerprint density at radius 3 is 2.56 bits per heavy atom. The lowest BCUT2D eigenvalue weighted by molar-refractivity contribution is 1.06. The summed E-state index contributed by atoms with van der Waals surface area (Å²) < 4.78 is 0. The first-order chi connectivity index (χ1) is 8.72. The fourth-order valence-electron chi connectivity index (χ4n) is 1.93. The molecule has 3 rings (SSSR count). The van der Waals surface area contributed by atoms with Gasteiger partial charge in [-0.05, 0) is 19.1 Å². The van der Waals surface area contributed by atoms with Gasteiger partial charge in [-0.15, -0.1) is 0 Å². The molecule has 2 N–H and O–H groups in total. The van der Waals surface area contributed by atoms with E-state index in [0.29, 0.717) is 11.6 Å². The molecule has 0 unspecified atom stereocenters. The summed E-state index contributed by atoms with van der Waals surface area (Å²) in [7, 11) is 0. The van der Waals surface area contributed by atoms with Crippen molar-refractivity contribution in [3.05, 3.63) is 48.3 Å². The van der Waals surface area contributed by atoms with Gasteiger partial charge in [0.15, 0.2) is 0 Å². The highest BCUT2D eigenvalue weighted by molar-refractivity contribution is 5.81. The Morgan fingerprint density at radius 2 is 1.72 bits per heavy atom. The molecular formula is C14H12N4. The minimum atomic E-state index is 0.465. The zero-order valence-electron chi connectivity index (χ0n) is 9.96. The maximum atomic E-state index is 5.73. The van der Waals surface area contributed by atoms with Crippen molar-refractivity contribution >= 4 is 16.7 Å². The van der Waals surface area contributed by atoms with Gasteiger partial charge in [0.2, 0.25) is 0 Å². The van der Waals surface area contributed by atoms with E-state index in [1.54, 1.807) is 6.07 Å². The Labute approximate surface area is 105 Å². The van der Waals surface area contributed by atoms with Crippen LogP contribution < -0.4 is 5.73 Å². The van der Waals surface area contributed by atoms with E-state index in [9.17, 15) is 0 Å². The summed E-state index contributed by atoms with van der Waals surface area (Å²) in [4.78, 5) is 13.0. The molecule has 88 valence electrons. The lowest BCUT2D eigenvalue weighted by Crippen LogP contribution is -1.98. The molecule has 0 saturated heterocycles. The van der Waals surface area contributed by atoms with Crippen LogP contribution >= 0.6 is 0 Å². The zero-order chi connectivity index (χ0) is 12.5. The number of aryl methyl sites for hydroxylation is 1. The number of hydrogen-bond acceptors (Lipinski definition) is 4. The van der Waals surface area contributed by atoms with Crippen LogP contribution in [-0.2, 0) is 0 Å². The molecule has 0 radical (unpaired) electrons. The van der Waals surface area contributed by atoms with Crippen molar-refractivity contribution in [3.63, 3.8) is 0 Å². The predicted molar refractivity (Wildman–Crippen MR) is 71.9 cm³/mol. The van der Waals surface area contributed by atoms with E-state index in [4.69, 9.17) is 5.73 Å². The predicted octanol–water partition coefficient (Wildman–Crippen LogP) is 2.58. The fraction of sp³-hybridized carbons (Fsp3) is 0.0714. The third-order valence-corrected chi connectivity index (χ3v) is 2.72. The molecular weight excluding hydrogens is 224 g/mol. The summed E-state index contributed by atoms with van der Waals surface area (Å²) >= 11 is 0. The van der Waals surface area contributed by atoms with Crippen molar-refractivity contribution in [2.24, 2.45) is 0 Å². The monoisotopic (exact) mass is 236 g/mol. The normalized spacial score (nSPS) is 10.7. The Kier molecular flexibility index (Phi) is 2.41. The first kappa shape index (κ1) is 10.7. The van der Waals surface area contributed by atoms with Gasteiger partial charge in [-0.25, -0.2) is 15.0 Å². The van der Waals surface area contributed by atoms with E-state index in [-0.39, 0.29) is 0 Å². The van der Waals surface area contributed by atoms with Crippen LogP contribution in [0.3, 0.4) is 0 Å². The second kappa shape index (κ2) is 4.07. The molecule has 0 saturated carbocycles. The minimum absolute atomic E-state index is 0.465. The van der Waals surface area contributed by atoms with Crippen molar-refractivity contribution in [3.8, 4) is 11.4 Å². The van der Waals surface area contributed by atoms with E-state index >= 15 is 0 Å². The minimum Gasteiger partial charge on any atom is -0.384 e. The molecule has 1 aromatic carbocycles. The van der Waals surface area contributed by atoms with Crippen LogP contribution in [0.1, 0.15) is 5.82 Å². The van der Waals surface area contributed by atoms with E-state index < -0.39 is 0 Å². The van der Waals surface area contributed by atoms with Gasteiger partial charge >= 0.3 is 0 Å². The van der Waals surface area contributed by atoms with Crippen LogP contribution in [0.15, 0.2) is 42.5 Å². The van der Waals surface area contributed by atoms with Crippen molar-refractivity contribution in [1.82, 2.24) is 15.0 Å². The molecule has 3 aromatic rings. The maximum Gasteiger partial charge on any atom is 0.128 e. The van der Waals surface area contributed by atoms with Crippen LogP contribution in [0, 0.1) is 6.92 Å². The SMILES string of the molecule is Cc1nc(N)cc(-c2ccc3ccccc3n2)n1. The van der Waals surface area contributed by atoms with Crippen LogP contribution in [0.25, 0.3) is 22.3 Å². The topological polar surface area (TPSA) is 64.7 Å². The average Bonchev–Trinajstić information content (AvgIpc) is 2.37. The number of hydrogen-bond donors (Lipinski definition) is 1. The number of benzene rings is 1. The number of anilines is 1. The Hall–Kier alpha value is -2.49. The molecule has 2 aromatic heterocycles. The highest BCUT2D eigenvalue weighted by atomic mass is 14.9. The van der Waals surface area contributed by atoms with E-state index in [0.717, 1.165) is 22.3 Å². The number of pyridine rings is 1. The van der Waals surface area contributed by atoms with Gasteiger partial charge in [-0.3, -0.25) is 0 Å². The van der Waals surface area contributed by atoms with Gasteiger partial charge in [0, 0.05) is 11.5 Å². The first-order valence-electron chi connectivity index (χ1n) is 5.70. The molecule has 0 aliphatic carbocycles. The molecule has 4 nitrogen and oxygen atoms in total. The van der Waals surface area contributed by atoms with Crippen molar-refractivity contribution in [2.75, 3.05) is 5.73 Å².